The summed E-state index contributed by atoms with van der Waals surface area (Å²) in [5, 5.41) is 12.3. The molecule has 2 heterocycles. The van der Waals surface area contributed by atoms with Gasteiger partial charge in [-0.1, -0.05) is 6.92 Å². The Kier molecular flexibility index (Phi) is 3.83. The molecule has 3 fully saturated rings. The van der Waals surface area contributed by atoms with Crippen molar-refractivity contribution in [1.29, 1.82) is 5.26 Å². The topological polar surface area (TPSA) is 85.4 Å². The minimum absolute atomic E-state index is 0.0190. The van der Waals surface area contributed by atoms with Crippen molar-refractivity contribution in [1.82, 2.24) is 15.2 Å². The van der Waals surface area contributed by atoms with Gasteiger partial charge in [0.15, 0.2) is 0 Å². The number of nitrogens with zero attached hydrogens (tertiary/aromatic N) is 4. The fraction of sp³-hybridized carbons (Fsp3) is 0.706. The van der Waals surface area contributed by atoms with Crippen LogP contribution in [0.25, 0.3) is 0 Å². The average Bonchev–Trinajstić information content (AvgIpc) is 3.52. The molecule has 0 aromatic carbocycles. The molecule has 0 unspecified atom stereocenters. The van der Waals surface area contributed by atoms with Gasteiger partial charge in [-0.3, -0.25) is 0 Å². The van der Waals surface area contributed by atoms with Crippen LogP contribution in [0.1, 0.15) is 43.7 Å². The van der Waals surface area contributed by atoms with Crippen LogP contribution in [0.15, 0.2) is 4.42 Å². The highest BCUT2D eigenvalue weighted by molar-refractivity contribution is 5.74. The summed E-state index contributed by atoms with van der Waals surface area (Å²) in [6.45, 7) is 5.61. The minimum atomic E-state index is 0.0190. The molecule has 2 saturated carbocycles. The number of rotatable bonds is 4. The first-order chi connectivity index (χ1) is 11.7. The molecule has 1 aromatic rings. The third-order valence-electron chi connectivity index (χ3n) is 5.30. The van der Waals surface area contributed by atoms with Crippen molar-refractivity contribution in [2.75, 3.05) is 37.6 Å². The molecule has 24 heavy (non-hydrogen) atoms. The Morgan fingerprint density at radius 3 is 2.67 bits per heavy atom. The third-order valence-corrected chi connectivity index (χ3v) is 5.30. The molecule has 4 rings (SSSR count). The van der Waals surface area contributed by atoms with Gasteiger partial charge >= 0.3 is 6.03 Å². The van der Waals surface area contributed by atoms with E-state index in [4.69, 9.17) is 4.42 Å². The van der Waals surface area contributed by atoms with Crippen molar-refractivity contribution in [2.45, 2.75) is 32.1 Å². The highest BCUT2D eigenvalue weighted by Crippen LogP contribution is 2.41. The van der Waals surface area contributed by atoms with E-state index in [2.05, 4.69) is 23.3 Å². The molecule has 2 aliphatic carbocycles. The van der Waals surface area contributed by atoms with Gasteiger partial charge in [0.05, 0.1) is 0 Å². The Hall–Kier alpha value is -2.23. The van der Waals surface area contributed by atoms with Gasteiger partial charge < -0.3 is 19.5 Å². The molecule has 0 bridgehead atoms. The summed E-state index contributed by atoms with van der Waals surface area (Å²) in [5.41, 5.74) is 0.373. The number of piperazine rings is 1. The second kappa shape index (κ2) is 6.00. The first-order valence-electron chi connectivity index (χ1n) is 8.84. The monoisotopic (exact) mass is 329 g/mol. The number of nitriles is 1. The van der Waals surface area contributed by atoms with Gasteiger partial charge in [-0.25, -0.2) is 9.78 Å². The average molecular weight is 329 g/mol. The molecule has 0 spiro atoms. The molecule has 2 amide bonds. The lowest BCUT2D eigenvalue weighted by molar-refractivity contribution is 0.193. The lowest BCUT2D eigenvalue weighted by Gasteiger charge is -2.34. The SMILES string of the molecule is C[C@@H]1C[C@@H]1CNC(=O)N1CCN(c2oc(C3CC3)nc2C#N)CC1. The summed E-state index contributed by atoms with van der Waals surface area (Å²) in [6.07, 6.45) is 3.41. The number of carbonyl (C=O) groups is 1. The number of hydrogen-bond acceptors (Lipinski definition) is 5. The van der Waals surface area contributed by atoms with Gasteiger partial charge in [0.2, 0.25) is 17.5 Å². The van der Waals surface area contributed by atoms with Gasteiger partial charge in [-0.05, 0) is 31.1 Å². The largest absolute Gasteiger partial charge is 0.423 e. The van der Waals surface area contributed by atoms with E-state index in [1.165, 1.54) is 6.42 Å². The predicted octanol–water partition coefficient (Wildman–Crippen LogP) is 1.91. The van der Waals surface area contributed by atoms with Crippen molar-refractivity contribution >= 4 is 11.9 Å². The molecule has 1 aromatic heterocycles. The summed E-state index contributed by atoms with van der Waals surface area (Å²) in [7, 11) is 0. The summed E-state index contributed by atoms with van der Waals surface area (Å²) in [4.78, 5) is 20.4. The lowest BCUT2D eigenvalue weighted by atomic mass is 10.3. The van der Waals surface area contributed by atoms with Crippen molar-refractivity contribution in [3.8, 4) is 6.07 Å². The number of carbonyl (C=O) groups excluding carboxylic acids is 1. The van der Waals surface area contributed by atoms with E-state index in [0.717, 1.165) is 25.3 Å². The number of nitrogens with one attached hydrogen (secondary N) is 1. The maximum absolute atomic E-state index is 12.2. The maximum Gasteiger partial charge on any atom is 0.317 e. The number of anilines is 1. The summed E-state index contributed by atoms with van der Waals surface area (Å²) in [6, 6.07) is 2.15. The molecule has 3 aliphatic rings. The van der Waals surface area contributed by atoms with Crippen LogP contribution < -0.4 is 10.2 Å². The lowest BCUT2D eigenvalue weighted by Crippen LogP contribution is -2.52. The number of oxazole rings is 1. The first kappa shape index (κ1) is 15.3. The Bertz CT molecular complexity index is 667. The van der Waals surface area contributed by atoms with E-state index in [1.807, 2.05) is 9.80 Å². The second-order valence-electron chi connectivity index (χ2n) is 7.23. The number of hydrogen-bond donors (Lipinski definition) is 1. The standard InChI is InChI=1S/C17H23N5O2/c1-11-8-13(11)10-19-17(23)22-6-4-21(5-7-22)16-14(9-18)20-15(24-16)12-2-3-12/h11-13H,2-8,10H2,1H3,(H,19,23)/t11-,13-/m1/s1. The molecule has 1 N–H and O–H groups in total. The van der Waals surface area contributed by atoms with E-state index < -0.39 is 0 Å². The quantitative estimate of drug-likeness (QED) is 0.912. The smallest absolute Gasteiger partial charge is 0.317 e. The van der Waals surface area contributed by atoms with Crippen LogP contribution in [0.5, 0.6) is 0 Å². The van der Waals surface area contributed by atoms with Crippen LogP contribution in [-0.4, -0.2) is 48.6 Å². The van der Waals surface area contributed by atoms with E-state index in [0.29, 0.717) is 55.5 Å². The number of urea groups is 1. The van der Waals surface area contributed by atoms with Crippen LogP contribution in [0, 0.1) is 23.2 Å². The molecular weight excluding hydrogens is 306 g/mol. The highest BCUT2D eigenvalue weighted by atomic mass is 16.4. The van der Waals surface area contributed by atoms with Crippen LogP contribution >= 0.6 is 0 Å². The zero-order valence-corrected chi connectivity index (χ0v) is 14.0. The van der Waals surface area contributed by atoms with Gasteiger partial charge in [-0.2, -0.15) is 5.26 Å². The predicted molar refractivity (Wildman–Crippen MR) is 87.6 cm³/mol. The van der Waals surface area contributed by atoms with E-state index in [9.17, 15) is 10.1 Å². The van der Waals surface area contributed by atoms with Crippen molar-refractivity contribution in [3.05, 3.63) is 11.6 Å². The van der Waals surface area contributed by atoms with Crippen molar-refractivity contribution in [3.63, 3.8) is 0 Å². The minimum Gasteiger partial charge on any atom is -0.423 e. The molecule has 7 nitrogen and oxygen atoms in total. The summed E-state index contributed by atoms with van der Waals surface area (Å²) < 4.78 is 5.84. The van der Waals surface area contributed by atoms with Crippen LogP contribution in [0.3, 0.4) is 0 Å². The Labute approximate surface area is 141 Å². The third kappa shape index (κ3) is 3.05. The molecule has 1 aliphatic heterocycles. The Morgan fingerprint density at radius 1 is 1.38 bits per heavy atom. The Balaban J connectivity index is 1.32. The molecule has 7 heteroatoms. The molecule has 128 valence electrons. The van der Waals surface area contributed by atoms with E-state index >= 15 is 0 Å². The Morgan fingerprint density at radius 2 is 2.08 bits per heavy atom. The number of amides is 2. The van der Waals surface area contributed by atoms with Gasteiger partial charge in [0.25, 0.3) is 0 Å². The molecule has 2 atom stereocenters. The van der Waals surface area contributed by atoms with Crippen LogP contribution in [0.2, 0.25) is 0 Å². The summed E-state index contributed by atoms with van der Waals surface area (Å²) >= 11 is 0. The number of aromatic nitrogens is 1. The highest BCUT2D eigenvalue weighted by Gasteiger charge is 2.34. The van der Waals surface area contributed by atoms with Crippen LogP contribution in [-0.2, 0) is 0 Å². The van der Waals surface area contributed by atoms with Gasteiger partial charge in [0.1, 0.15) is 6.07 Å². The van der Waals surface area contributed by atoms with Gasteiger partial charge in [-0.15, -0.1) is 0 Å². The van der Waals surface area contributed by atoms with E-state index in [1.54, 1.807) is 0 Å². The molecule has 1 saturated heterocycles. The molecular formula is C17H23N5O2. The maximum atomic E-state index is 12.2. The zero-order chi connectivity index (χ0) is 16.7. The van der Waals surface area contributed by atoms with E-state index in [-0.39, 0.29) is 6.03 Å². The second-order valence-corrected chi connectivity index (χ2v) is 7.23. The first-order valence-corrected chi connectivity index (χ1v) is 8.84. The molecule has 0 radical (unpaired) electrons. The van der Waals surface area contributed by atoms with Crippen LogP contribution in [0.4, 0.5) is 10.7 Å². The van der Waals surface area contributed by atoms with Crippen molar-refractivity contribution in [2.24, 2.45) is 11.8 Å². The van der Waals surface area contributed by atoms with Gasteiger partial charge in [0, 0.05) is 38.6 Å². The fourth-order valence-electron chi connectivity index (χ4n) is 3.25. The normalized spacial score (nSPS) is 26.2. The zero-order valence-electron chi connectivity index (χ0n) is 14.0. The summed E-state index contributed by atoms with van der Waals surface area (Å²) in [5.74, 6) is 3.07. The fourth-order valence-corrected chi connectivity index (χ4v) is 3.25. The van der Waals surface area contributed by atoms with Crippen molar-refractivity contribution < 1.29 is 9.21 Å².